The molecule has 2 aliphatic rings. The molecule has 0 radical (unpaired) electrons. The molecule has 146 valence electrons. The molecule has 1 atom stereocenters. The van der Waals surface area contributed by atoms with Gasteiger partial charge in [0.2, 0.25) is 17.6 Å². The number of carbonyl (C=O) groups excluding carboxylic acids is 1. The fraction of sp³-hybridized carbons (Fsp3) is 0.611. The number of aromatic nitrogens is 2. The third-order valence-corrected chi connectivity index (χ3v) is 6.18. The Hall–Kier alpha value is -1.81. The lowest BCUT2D eigenvalue weighted by Crippen LogP contribution is -2.55. The number of piperazine rings is 1. The van der Waals surface area contributed by atoms with E-state index in [9.17, 15) is 4.79 Å². The highest BCUT2D eigenvalue weighted by Gasteiger charge is 2.31. The standard InChI is InChI=1S/C18H25N5O3S/c19-16(13-3-9-25-10-4-13)18(24)23-7-5-22(6-8-23)12-15-20-17(21-26-15)14-2-1-11-27-14/h1-2,11,13,16H,3-10,12,19H2. The second-order valence-corrected chi connectivity index (χ2v) is 8.01. The number of thiophene rings is 1. The molecule has 0 saturated carbocycles. The maximum atomic E-state index is 12.7. The fourth-order valence-electron chi connectivity index (χ4n) is 3.63. The zero-order valence-electron chi connectivity index (χ0n) is 15.2. The van der Waals surface area contributed by atoms with E-state index in [2.05, 4.69) is 15.0 Å². The lowest BCUT2D eigenvalue weighted by atomic mass is 9.91. The first-order valence-electron chi connectivity index (χ1n) is 9.41. The quantitative estimate of drug-likeness (QED) is 0.818. The van der Waals surface area contributed by atoms with Crippen LogP contribution < -0.4 is 5.73 Å². The van der Waals surface area contributed by atoms with Crippen molar-refractivity contribution in [3.63, 3.8) is 0 Å². The van der Waals surface area contributed by atoms with Gasteiger partial charge in [-0.3, -0.25) is 9.69 Å². The molecule has 2 fully saturated rings. The molecular weight excluding hydrogens is 366 g/mol. The maximum absolute atomic E-state index is 12.7. The minimum absolute atomic E-state index is 0.0688. The molecule has 4 rings (SSSR count). The normalized spacial score (nSPS) is 20.7. The van der Waals surface area contributed by atoms with Crippen LogP contribution in [0.2, 0.25) is 0 Å². The van der Waals surface area contributed by atoms with E-state index in [1.807, 2.05) is 22.4 Å². The summed E-state index contributed by atoms with van der Waals surface area (Å²) in [6.07, 6.45) is 1.74. The lowest BCUT2D eigenvalue weighted by molar-refractivity contribution is -0.136. The fourth-order valence-corrected chi connectivity index (χ4v) is 4.28. The van der Waals surface area contributed by atoms with Gasteiger partial charge in [0.25, 0.3) is 0 Å². The Bertz CT molecular complexity index is 736. The van der Waals surface area contributed by atoms with Crippen molar-refractivity contribution in [2.24, 2.45) is 11.7 Å². The molecule has 2 aromatic rings. The Kier molecular flexibility index (Phi) is 5.82. The molecule has 2 aliphatic heterocycles. The van der Waals surface area contributed by atoms with Crippen LogP contribution in [-0.2, 0) is 16.1 Å². The molecule has 0 bridgehead atoms. The second-order valence-electron chi connectivity index (χ2n) is 7.07. The van der Waals surface area contributed by atoms with E-state index < -0.39 is 6.04 Å². The van der Waals surface area contributed by atoms with E-state index in [-0.39, 0.29) is 11.8 Å². The molecule has 0 aromatic carbocycles. The zero-order chi connectivity index (χ0) is 18.6. The van der Waals surface area contributed by atoms with Crippen LogP contribution in [0.4, 0.5) is 0 Å². The van der Waals surface area contributed by atoms with Crippen molar-refractivity contribution in [3.05, 3.63) is 23.4 Å². The number of rotatable bonds is 5. The van der Waals surface area contributed by atoms with Gasteiger partial charge in [0.15, 0.2) is 0 Å². The summed E-state index contributed by atoms with van der Waals surface area (Å²) in [6, 6.07) is 3.53. The highest BCUT2D eigenvalue weighted by atomic mass is 32.1. The van der Waals surface area contributed by atoms with E-state index >= 15 is 0 Å². The van der Waals surface area contributed by atoms with Crippen LogP contribution in [0.25, 0.3) is 10.7 Å². The van der Waals surface area contributed by atoms with Crippen molar-refractivity contribution in [2.75, 3.05) is 39.4 Å². The summed E-state index contributed by atoms with van der Waals surface area (Å²) in [5, 5.41) is 6.04. The first kappa shape index (κ1) is 18.5. The second kappa shape index (κ2) is 8.47. The summed E-state index contributed by atoms with van der Waals surface area (Å²) in [4.78, 5) is 22.3. The van der Waals surface area contributed by atoms with Gasteiger partial charge >= 0.3 is 0 Å². The van der Waals surface area contributed by atoms with Gasteiger partial charge in [0.1, 0.15) is 0 Å². The largest absolute Gasteiger partial charge is 0.381 e. The van der Waals surface area contributed by atoms with E-state index in [1.54, 1.807) is 11.3 Å². The van der Waals surface area contributed by atoms with Gasteiger partial charge in [-0.2, -0.15) is 4.98 Å². The van der Waals surface area contributed by atoms with Crippen LogP contribution in [0, 0.1) is 5.92 Å². The molecule has 0 aliphatic carbocycles. The molecule has 2 aromatic heterocycles. The molecule has 8 nitrogen and oxygen atoms in total. The third-order valence-electron chi connectivity index (χ3n) is 5.31. The highest BCUT2D eigenvalue weighted by molar-refractivity contribution is 7.13. The molecular formula is C18H25N5O3S. The van der Waals surface area contributed by atoms with Crippen LogP contribution >= 0.6 is 11.3 Å². The van der Waals surface area contributed by atoms with Crippen LogP contribution in [0.3, 0.4) is 0 Å². The third kappa shape index (κ3) is 4.37. The Morgan fingerprint density at radius 1 is 1.30 bits per heavy atom. The average molecular weight is 391 g/mol. The smallest absolute Gasteiger partial charge is 0.241 e. The predicted molar refractivity (Wildman–Crippen MR) is 101 cm³/mol. The van der Waals surface area contributed by atoms with E-state index in [0.717, 1.165) is 30.8 Å². The summed E-state index contributed by atoms with van der Waals surface area (Å²) in [5.41, 5.74) is 6.24. The van der Waals surface area contributed by atoms with Crippen LogP contribution in [-0.4, -0.2) is 71.3 Å². The Morgan fingerprint density at radius 2 is 2.07 bits per heavy atom. The molecule has 1 unspecified atom stereocenters. The highest BCUT2D eigenvalue weighted by Crippen LogP contribution is 2.22. The molecule has 2 N–H and O–H groups in total. The molecule has 0 spiro atoms. The first-order chi connectivity index (χ1) is 13.2. The number of ether oxygens (including phenoxy) is 1. The molecule has 1 amide bonds. The molecule has 2 saturated heterocycles. The topological polar surface area (TPSA) is 97.7 Å². The SMILES string of the molecule is NC(C(=O)N1CCN(Cc2nc(-c3cccs3)no2)CC1)C1CCOCC1. The van der Waals surface area contributed by atoms with Crippen LogP contribution in [0.1, 0.15) is 18.7 Å². The van der Waals surface area contributed by atoms with Gasteiger partial charge in [0.05, 0.1) is 17.5 Å². The number of amides is 1. The summed E-state index contributed by atoms with van der Waals surface area (Å²) >= 11 is 1.59. The number of nitrogens with zero attached hydrogens (tertiary/aromatic N) is 4. The van der Waals surface area contributed by atoms with Crippen molar-refractivity contribution in [1.29, 1.82) is 0 Å². The molecule has 4 heterocycles. The number of hydrogen-bond acceptors (Lipinski definition) is 8. The number of carbonyl (C=O) groups is 1. The van der Waals surface area contributed by atoms with Crippen LogP contribution in [0.15, 0.2) is 22.0 Å². The van der Waals surface area contributed by atoms with Gasteiger partial charge in [-0.15, -0.1) is 11.3 Å². The van der Waals surface area contributed by atoms with Crippen molar-refractivity contribution < 1.29 is 14.1 Å². The minimum Gasteiger partial charge on any atom is -0.381 e. The van der Waals surface area contributed by atoms with Gasteiger partial charge in [0, 0.05) is 39.4 Å². The monoisotopic (exact) mass is 391 g/mol. The predicted octanol–water partition coefficient (Wildman–Crippen LogP) is 1.20. The van der Waals surface area contributed by atoms with Gasteiger partial charge in [-0.1, -0.05) is 11.2 Å². The number of hydrogen-bond donors (Lipinski definition) is 1. The van der Waals surface area contributed by atoms with Crippen molar-refractivity contribution in [2.45, 2.75) is 25.4 Å². The van der Waals surface area contributed by atoms with Crippen molar-refractivity contribution >= 4 is 17.2 Å². The lowest BCUT2D eigenvalue weighted by Gasteiger charge is -2.37. The van der Waals surface area contributed by atoms with Gasteiger partial charge in [-0.25, -0.2) is 0 Å². The van der Waals surface area contributed by atoms with E-state index in [1.165, 1.54) is 0 Å². The molecule has 9 heteroatoms. The Balaban J connectivity index is 1.27. The van der Waals surface area contributed by atoms with E-state index in [0.29, 0.717) is 44.6 Å². The Labute approximate surface area is 162 Å². The van der Waals surface area contributed by atoms with Gasteiger partial charge < -0.3 is 19.9 Å². The summed E-state index contributed by atoms with van der Waals surface area (Å²) in [5.74, 6) is 1.55. The minimum atomic E-state index is -0.412. The zero-order valence-corrected chi connectivity index (χ0v) is 16.1. The average Bonchev–Trinajstić information content (AvgIpc) is 3.40. The van der Waals surface area contributed by atoms with Crippen molar-refractivity contribution in [1.82, 2.24) is 19.9 Å². The van der Waals surface area contributed by atoms with Crippen LogP contribution in [0.5, 0.6) is 0 Å². The first-order valence-corrected chi connectivity index (χ1v) is 10.3. The summed E-state index contributed by atoms with van der Waals surface area (Å²) in [7, 11) is 0. The summed E-state index contributed by atoms with van der Waals surface area (Å²) in [6.45, 7) is 4.94. The van der Waals surface area contributed by atoms with Crippen molar-refractivity contribution in [3.8, 4) is 10.7 Å². The Morgan fingerprint density at radius 3 is 2.78 bits per heavy atom. The molecule has 27 heavy (non-hydrogen) atoms. The van der Waals surface area contributed by atoms with E-state index in [4.69, 9.17) is 15.0 Å². The van der Waals surface area contributed by atoms with Gasteiger partial charge in [-0.05, 0) is 30.2 Å². The number of nitrogens with two attached hydrogens (primary N) is 1. The maximum Gasteiger partial charge on any atom is 0.241 e. The summed E-state index contributed by atoms with van der Waals surface area (Å²) < 4.78 is 10.7.